The Balaban J connectivity index is 1.41. The van der Waals surface area contributed by atoms with Gasteiger partial charge < -0.3 is 20.4 Å². The highest BCUT2D eigenvalue weighted by atomic mass is 32.1. The van der Waals surface area contributed by atoms with Crippen molar-refractivity contribution in [2.45, 2.75) is 123 Å². The van der Waals surface area contributed by atoms with Crippen molar-refractivity contribution in [1.29, 1.82) is 0 Å². The summed E-state index contributed by atoms with van der Waals surface area (Å²) < 4.78 is 0. The van der Waals surface area contributed by atoms with Gasteiger partial charge in [-0.1, -0.05) is 63.8 Å². The first kappa shape index (κ1) is 30.0. The van der Waals surface area contributed by atoms with Crippen molar-refractivity contribution >= 4 is 11.3 Å². The monoisotopic (exact) mass is 544 g/mol. The topological polar surface area (TPSA) is 80.9 Å². The van der Waals surface area contributed by atoms with Crippen LogP contribution >= 0.6 is 11.3 Å². The van der Waals surface area contributed by atoms with Gasteiger partial charge in [-0.15, -0.1) is 11.3 Å². The van der Waals surface area contributed by atoms with Gasteiger partial charge in [0, 0.05) is 15.2 Å². The molecule has 5 heteroatoms. The number of aliphatic hydroxyl groups is 4. The molecule has 0 aromatic carbocycles. The molecule has 0 bridgehead atoms. The zero-order valence-electron chi connectivity index (χ0n) is 24.3. The Bertz CT molecular complexity index is 981. The molecule has 0 spiro atoms. The van der Waals surface area contributed by atoms with E-state index in [2.05, 4.69) is 58.9 Å². The van der Waals surface area contributed by atoms with E-state index in [0.717, 1.165) is 30.8 Å². The Labute approximate surface area is 234 Å². The molecule has 0 radical (unpaired) electrons. The molecule has 8 atom stereocenters. The first-order chi connectivity index (χ1) is 18.0. The molecule has 3 unspecified atom stereocenters. The Morgan fingerprint density at radius 2 is 1.79 bits per heavy atom. The fourth-order valence-electron chi connectivity index (χ4n) is 8.37. The van der Waals surface area contributed by atoms with Crippen LogP contribution in [0.2, 0.25) is 0 Å². The lowest BCUT2D eigenvalue weighted by atomic mass is 9.60. The molecule has 3 aliphatic rings. The molecule has 1 aromatic rings. The van der Waals surface area contributed by atoms with Crippen molar-refractivity contribution in [3.63, 3.8) is 0 Å². The molecule has 4 rings (SSSR count). The normalized spacial score (nSPS) is 36.5. The lowest BCUT2D eigenvalue weighted by Gasteiger charge is -2.44. The van der Waals surface area contributed by atoms with Crippen LogP contribution in [-0.2, 0) is 5.41 Å². The first-order valence-electron chi connectivity index (χ1n) is 15.1. The van der Waals surface area contributed by atoms with Gasteiger partial charge >= 0.3 is 0 Å². The second kappa shape index (κ2) is 12.3. The minimum absolute atomic E-state index is 0.134. The number of hydrogen-bond acceptors (Lipinski definition) is 5. The first-order valence-corrected chi connectivity index (χ1v) is 15.9. The summed E-state index contributed by atoms with van der Waals surface area (Å²) in [6.45, 7) is 11.9. The van der Waals surface area contributed by atoms with Crippen LogP contribution in [0.1, 0.15) is 102 Å². The number of aliphatic hydroxyl groups excluding tert-OH is 4. The van der Waals surface area contributed by atoms with Gasteiger partial charge in [0.05, 0.1) is 18.8 Å². The van der Waals surface area contributed by atoms with E-state index < -0.39 is 18.3 Å². The number of allylic oxidation sites excluding steroid dienone is 3. The van der Waals surface area contributed by atoms with Crippen molar-refractivity contribution in [3.8, 4) is 0 Å². The van der Waals surface area contributed by atoms with E-state index in [1.54, 1.807) is 5.57 Å². The van der Waals surface area contributed by atoms with Crippen molar-refractivity contribution < 1.29 is 20.4 Å². The molecule has 0 saturated heterocycles. The molecular weight excluding hydrogens is 492 g/mol. The highest BCUT2D eigenvalue weighted by Gasteiger charge is 2.50. The maximum Gasteiger partial charge on any atom is 0.106 e. The van der Waals surface area contributed by atoms with Crippen LogP contribution in [0.5, 0.6) is 0 Å². The maximum atomic E-state index is 10.6. The van der Waals surface area contributed by atoms with E-state index in [9.17, 15) is 20.4 Å². The van der Waals surface area contributed by atoms with E-state index in [4.69, 9.17) is 0 Å². The van der Waals surface area contributed by atoms with Crippen molar-refractivity contribution in [2.24, 2.45) is 29.1 Å². The average Bonchev–Trinajstić information content (AvgIpc) is 3.46. The molecule has 214 valence electrons. The van der Waals surface area contributed by atoms with E-state index in [-0.39, 0.29) is 12.0 Å². The van der Waals surface area contributed by atoms with Gasteiger partial charge in [-0.05, 0) is 99.5 Å². The summed E-state index contributed by atoms with van der Waals surface area (Å²) in [6.07, 6.45) is 12.2. The standard InChI is InChI=1S/C33H52O4S/c1-21(2)33(20-34,30-15-10-23(4)38-30)17-6-8-22(3)26-13-14-27-25(9-7-16-32(26,27)5)12-11-24-18-28(35)31(37)29(36)19-24/h10-12,15,21-22,26-29,31,34-37H,6-9,13-14,16-20H2,1-5H3/b24-11?,25-12-/t22?,26-,27?,28-,29+,31?,32-,33-/m1/s1. The molecule has 38 heavy (non-hydrogen) atoms. The molecule has 4 nitrogen and oxygen atoms in total. The quantitative estimate of drug-likeness (QED) is 0.279. The van der Waals surface area contributed by atoms with Crippen LogP contribution in [0.4, 0.5) is 0 Å². The Hall–Kier alpha value is -0.980. The van der Waals surface area contributed by atoms with Gasteiger partial charge in [-0.2, -0.15) is 0 Å². The third-order valence-electron chi connectivity index (χ3n) is 10.9. The predicted octanol–water partition coefficient (Wildman–Crippen LogP) is 6.69. The molecule has 3 fully saturated rings. The molecule has 3 saturated carbocycles. The third kappa shape index (κ3) is 5.88. The Morgan fingerprint density at radius 3 is 2.39 bits per heavy atom. The summed E-state index contributed by atoms with van der Waals surface area (Å²) in [7, 11) is 0. The number of fused-ring (bicyclic) bond motifs is 1. The smallest absolute Gasteiger partial charge is 0.106 e. The zero-order chi connectivity index (χ0) is 27.7. The van der Waals surface area contributed by atoms with Gasteiger partial charge in [-0.25, -0.2) is 0 Å². The van der Waals surface area contributed by atoms with E-state index in [0.29, 0.717) is 36.0 Å². The Morgan fingerprint density at radius 1 is 1.08 bits per heavy atom. The summed E-state index contributed by atoms with van der Waals surface area (Å²) in [5, 5.41) is 40.6. The molecule has 1 aromatic heterocycles. The molecule has 4 N–H and O–H groups in total. The largest absolute Gasteiger partial charge is 0.395 e. The van der Waals surface area contributed by atoms with Gasteiger partial charge in [-0.3, -0.25) is 0 Å². The van der Waals surface area contributed by atoms with Gasteiger partial charge in [0.2, 0.25) is 0 Å². The van der Waals surface area contributed by atoms with Crippen LogP contribution in [0, 0.1) is 36.0 Å². The van der Waals surface area contributed by atoms with Crippen molar-refractivity contribution in [1.82, 2.24) is 0 Å². The Kier molecular flexibility index (Phi) is 9.68. The number of hydrogen-bond donors (Lipinski definition) is 4. The van der Waals surface area contributed by atoms with Gasteiger partial charge in [0.1, 0.15) is 6.10 Å². The lowest BCUT2D eigenvalue weighted by molar-refractivity contribution is -0.0713. The van der Waals surface area contributed by atoms with Crippen LogP contribution in [0.15, 0.2) is 35.4 Å². The third-order valence-corrected chi connectivity index (χ3v) is 12.1. The second-order valence-electron chi connectivity index (χ2n) is 13.4. The molecule has 3 aliphatic carbocycles. The summed E-state index contributed by atoms with van der Waals surface area (Å²) in [5.74, 6) is 2.42. The maximum absolute atomic E-state index is 10.6. The summed E-state index contributed by atoms with van der Waals surface area (Å²) >= 11 is 1.85. The van der Waals surface area contributed by atoms with Gasteiger partial charge in [0.25, 0.3) is 0 Å². The summed E-state index contributed by atoms with van der Waals surface area (Å²) in [4.78, 5) is 2.67. The summed E-state index contributed by atoms with van der Waals surface area (Å²) in [6, 6.07) is 4.44. The van der Waals surface area contributed by atoms with Crippen LogP contribution in [-0.4, -0.2) is 45.3 Å². The molecule has 1 heterocycles. The number of thiophene rings is 1. The lowest BCUT2D eigenvalue weighted by Crippen LogP contribution is -2.41. The minimum Gasteiger partial charge on any atom is -0.395 e. The highest BCUT2D eigenvalue weighted by Crippen LogP contribution is 2.60. The summed E-state index contributed by atoms with van der Waals surface area (Å²) in [5.41, 5.74) is 2.78. The zero-order valence-corrected chi connectivity index (χ0v) is 25.1. The highest BCUT2D eigenvalue weighted by molar-refractivity contribution is 7.12. The van der Waals surface area contributed by atoms with Crippen LogP contribution in [0.3, 0.4) is 0 Å². The number of rotatable bonds is 9. The fraction of sp³-hybridized carbons (Fsp3) is 0.758. The predicted molar refractivity (Wildman–Crippen MR) is 157 cm³/mol. The van der Waals surface area contributed by atoms with Crippen LogP contribution < -0.4 is 0 Å². The minimum atomic E-state index is -1.03. The number of aryl methyl sites for hydroxylation is 1. The van der Waals surface area contributed by atoms with Crippen molar-refractivity contribution in [3.05, 3.63) is 45.2 Å². The van der Waals surface area contributed by atoms with E-state index in [1.807, 2.05) is 11.3 Å². The molecule has 0 aliphatic heterocycles. The SMILES string of the molecule is Cc1ccc([C@@](CO)(CCCC(C)[C@H]2CCC3/C(=C\C=C4C[C@@H](O)C(O)[C@@H](O)C4)CCC[C@@]32C)C(C)C)s1. The van der Waals surface area contributed by atoms with Crippen LogP contribution in [0.25, 0.3) is 0 Å². The fourth-order valence-corrected chi connectivity index (χ4v) is 9.60. The van der Waals surface area contributed by atoms with E-state index in [1.165, 1.54) is 41.9 Å². The average molecular weight is 545 g/mol. The molecular formula is C33H52O4S. The second-order valence-corrected chi connectivity index (χ2v) is 14.7. The van der Waals surface area contributed by atoms with E-state index >= 15 is 0 Å². The van der Waals surface area contributed by atoms with Gasteiger partial charge in [0.15, 0.2) is 0 Å². The molecule has 0 amide bonds. The van der Waals surface area contributed by atoms with Crippen molar-refractivity contribution in [2.75, 3.05) is 6.61 Å².